The lowest BCUT2D eigenvalue weighted by Gasteiger charge is -2.36. The number of nitrogens with two attached hydrogens (primary N) is 1. The standard InChI is InChI=1S/C19H28N2O/c1-2-11-21(19(22)16-7-9-17(20)12-16)18-10-8-14-5-3-4-6-15(14)13-18/h3-6,16-18H,2,7-13,20H2,1H3. The average molecular weight is 300 g/mol. The largest absolute Gasteiger partial charge is 0.339 e. The van der Waals surface area contributed by atoms with E-state index in [4.69, 9.17) is 5.73 Å². The zero-order chi connectivity index (χ0) is 15.5. The number of amides is 1. The Balaban J connectivity index is 1.73. The predicted octanol–water partition coefficient (Wildman–Crippen LogP) is 2.91. The highest BCUT2D eigenvalue weighted by molar-refractivity contribution is 5.79. The summed E-state index contributed by atoms with van der Waals surface area (Å²) < 4.78 is 0. The molecular formula is C19H28N2O. The van der Waals surface area contributed by atoms with E-state index in [-0.39, 0.29) is 12.0 Å². The minimum Gasteiger partial charge on any atom is -0.339 e. The first kappa shape index (κ1) is 15.5. The molecule has 2 aliphatic rings. The number of carbonyl (C=O) groups is 1. The fraction of sp³-hybridized carbons (Fsp3) is 0.632. The molecule has 3 rings (SSSR count). The molecule has 1 aromatic rings. The fourth-order valence-electron chi connectivity index (χ4n) is 4.13. The number of hydrogen-bond donors (Lipinski definition) is 1. The third kappa shape index (κ3) is 3.19. The fourth-order valence-corrected chi connectivity index (χ4v) is 4.13. The monoisotopic (exact) mass is 300 g/mol. The molecule has 1 saturated carbocycles. The Morgan fingerprint density at radius 1 is 1.23 bits per heavy atom. The van der Waals surface area contributed by atoms with Crippen molar-refractivity contribution < 1.29 is 4.79 Å². The summed E-state index contributed by atoms with van der Waals surface area (Å²) in [5, 5.41) is 0. The van der Waals surface area contributed by atoms with Crippen LogP contribution >= 0.6 is 0 Å². The molecule has 1 amide bonds. The summed E-state index contributed by atoms with van der Waals surface area (Å²) in [5.74, 6) is 0.526. The Bertz CT molecular complexity index is 528. The predicted molar refractivity (Wildman–Crippen MR) is 89.6 cm³/mol. The van der Waals surface area contributed by atoms with Gasteiger partial charge in [0.15, 0.2) is 0 Å². The van der Waals surface area contributed by atoms with Gasteiger partial charge in [0.2, 0.25) is 5.91 Å². The van der Waals surface area contributed by atoms with Crippen LogP contribution in [0.3, 0.4) is 0 Å². The quantitative estimate of drug-likeness (QED) is 0.929. The third-order valence-corrected chi connectivity index (χ3v) is 5.33. The molecule has 0 aliphatic heterocycles. The number of nitrogens with zero attached hydrogens (tertiary/aromatic N) is 1. The van der Waals surface area contributed by atoms with Crippen LogP contribution in [0.1, 0.15) is 50.2 Å². The van der Waals surface area contributed by atoms with E-state index in [0.29, 0.717) is 11.9 Å². The van der Waals surface area contributed by atoms with E-state index in [1.807, 2.05) is 0 Å². The Hall–Kier alpha value is -1.35. The van der Waals surface area contributed by atoms with Crippen LogP contribution in [0.15, 0.2) is 24.3 Å². The SMILES string of the molecule is CCCN(C(=O)C1CCC(N)C1)C1CCc2ccccc2C1. The highest BCUT2D eigenvalue weighted by Gasteiger charge is 2.34. The van der Waals surface area contributed by atoms with Crippen LogP contribution in [0.4, 0.5) is 0 Å². The minimum absolute atomic E-state index is 0.165. The van der Waals surface area contributed by atoms with Gasteiger partial charge in [-0.3, -0.25) is 4.79 Å². The molecule has 22 heavy (non-hydrogen) atoms. The van der Waals surface area contributed by atoms with Gasteiger partial charge in [-0.15, -0.1) is 0 Å². The lowest BCUT2D eigenvalue weighted by molar-refractivity contribution is -0.138. The van der Waals surface area contributed by atoms with Crippen molar-refractivity contribution in [1.82, 2.24) is 4.90 Å². The molecule has 1 fully saturated rings. The van der Waals surface area contributed by atoms with Gasteiger partial charge in [-0.2, -0.15) is 0 Å². The molecule has 0 spiro atoms. The van der Waals surface area contributed by atoms with Crippen LogP contribution in [-0.2, 0) is 17.6 Å². The Morgan fingerprint density at radius 3 is 2.68 bits per heavy atom. The molecule has 0 heterocycles. The molecule has 3 atom stereocenters. The first-order chi connectivity index (χ1) is 10.7. The molecule has 0 saturated heterocycles. The van der Waals surface area contributed by atoms with Crippen molar-refractivity contribution in [2.45, 2.75) is 64.0 Å². The summed E-state index contributed by atoms with van der Waals surface area (Å²) in [5.41, 5.74) is 8.90. The maximum Gasteiger partial charge on any atom is 0.226 e. The van der Waals surface area contributed by atoms with E-state index in [1.54, 1.807) is 0 Å². The lowest BCUT2D eigenvalue weighted by Crippen LogP contribution is -2.46. The first-order valence-corrected chi connectivity index (χ1v) is 8.82. The number of aryl methyl sites for hydroxylation is 1. The zero-order valence-corrected chi connectivity index (χ0v) is 13.6. The minimum atomic E-state index is 0.165. The summed E-state index contributed by atoms with van der Waals surface area (Å²) in [6.07, 6.45) is 7.10. The number of benzene rings is 1. The summed E-state index contributed by atoms with van der Waals surface area (Å²) in [6, 6.07) is 9.29. The third-order valence-electron chi connectivity index (χ3n) is 5.33. The summed E-state index contributed by atoms with van der Waals surface area (Å²) >= 11 is 0. The molecule has 3 heteroatoms. The Labute approximate surface area is 133 Å². The number of rotatable bonds is 4. The van der Waals surface area contributed by atoms with Crippen LogP contribution in [0.5, 0.6) is 0 Å². The average Bonchev–Trinajstić information content (AvgIpc) is 2.98. The van der Waals surface area contributed by atoms with E-state index in [2.05, 4.69) is 36.1 Å². The van der Waals surface area contributed by atoms with E-state index >= 15 is 0 Å². The molecular weight excluding hydrogens is 272 g/mol. The second kappa shape index (κ2) is 6.82. The van der Waals surface area contributed by atoms with Crippen LogP contribution in [-0.4, -0.2) is 29.4 Å². The van der Waals surface area contributed by atoms with Gasteiger partial charge in [-0.1, -0.05) is 31.2 Å². The van der Waals surface area contributed by atoms with Gasteiger partial charge in [0, 0.05) is 24.5 Å². The number of hydrogen-bond acceptors (Lipinski definition) is 2. The van der Waals surface area contributed by atoms with Crippen molar-refractivity contribution in [2.24, 2.45) is 11.7 Å². The van der Waals surface area contributed by atoms with E-state index in [0.717, 1.165) is 51.5 Å². The van der Waals surface area contributed by atoms with Crippen LogP contribution < -0.4 is 5.73 Å². The molecule has 0 aromatic heterocycles. The lowest BCUT2D eigenvalue weighted by atomic mass is 9.87. The first-order valence-electron chi connectivity index (χ1n) is 8.82. The Kier molecular flexibility index (Phi) is 4.82. The van der Waals surface area contributed by atoms with Gasteiger partial charge in [-0.25, -0.2) is 0 Å². The van der Waals surface area contributed by atoms with Gasteiger partial charge >= 0.3 is 0 Å². The molecule has 120 valence electrons. The van der Waals surface area contributed by atoms with Crippen LogP contribution in [0, 0.1) is 5.92 Å². The van der Waals surface area contributed by atoms with Crippen molar-refractivity contribution in [2.75, 3.05) is 6.54 Å². The van der Waals surface area contributed by atoms with Crippen molar-refractivity contribution in [1.29, 1.82) is 0 Å². The molecule has 3 unspecified atom stereocenters. The Morgan fingerprint density at radius 2 is 2.00 bits per heavy atom. The van der Waals surface area contributed by atoms with Crippen molar-refractivity contribution in [3.05, 3.63) is 35.4 Å². The number of fused-ring (bicyclic) bond motifs is 1. The van der Waals surface area contributed by atoms with E-state index < -0.39 is 0 Å². The van der Waals surface area contributed by atoms with E-state index in [9.17, 15) is 4.79 Å². The summed E-state index contributed by atoms with van der Waals surface area (Å²) in [4.78, 5) is 15.1. The zero-order valence-electron chi connectivity index (χ0n) is 13.6. The molecule has 0 radical (unpaired) electrons. The summed E-state index contributed by atoms with van der Waals surface area (Å²) in [7, 11) is 0. The van der Waals surface area contributed by atoms with Crippen LogP contribution in [0.25, 0.3) is 0 Å². The van der Waals surface area contributed by atoms with Gasteiger partial charge in [0.25, 0.3) is 0 Å². The van der Waals surface area contributed by atoms with Gasteiger partial charge in [-0.05, 0) is 56.1 Å². The number of carbonyl (C=O) groups excluding carboxylic acids is 1. The van der Waals surface area contributed by atoms with E-state index in [1.165, 1.54) is 11.1 Å². The molecule has 2 N–H and O–H groups in total. The normalized spacial score (nSPS) is 27.5. The van der Waals surface area contributed by atoms with Gasteiger partial charge in [0.1, 0.15) is 0 Å². The van der Waals surface area contributed by atoms with Crippen molar-refractivity contribution in [3.8, 4) is 0 Å². The molecule has 2 aliphatic carbocycles. The molecule has 1 aromatic carbocycles. The summed E-state index contributed by atoms with van der Waals surface area (Å²) in [6.45, 7) is 3.05. The maximum atomic E-state index is 13.0. The van der Waals surface area contributed by atoms with Crippen molar-refractivity contribution >= 4 is 5.91 Å². The molecule has 3 nitrogen and oxygen atoms in total. The highest BCUT2D eigenvalue weighted by Crippen LogP contribution is 2.30. The van der Waals surface area contributed by atoms with Crippen LogP contribution in [0.2, 0.25) is 0 Å². The smallest absolute Gasteiger partial charge is 0.226 e. The second-order valence-electron chi connectivity index (χ2n) is 6.97. The maximum absolute atomic E-state index is 13.0. The van der Waals surface area contributed by atoms with Gasteiger partial charge in [0.05, 0.1) is 0 Å². The highest BCUT2D eigenvalue weighted by atomic mass is 16.2. The topological polar surface area (TPSA) is 46.3 Å². The second-order valence-corrected chi connectivity index (χ2v) is 6.97. The van der Waals surface area contributed by atoms with Gasteiger partial charge < -0.3 is 10.6 Å². The molecule has 0 bridgehead atoms. The van der Waals surface area contributed by atoms with Crippen molar-refractivity contribution in [3.63, 3.8) is 0 Å².